The van der Waals surface area contributed by atoms with Crippen LogP contribution in [-0.2, 0) is 4.79 Å². The Morgan fingerprint density at radius 3 is 2.48 bits per heavy atom. The molecule has 2 heterocycles. The van der Waals surface area contributed by atoms with Crippen molar-refractivity contribution >= 4 is 40.3 Å². The van der Waals surface area contributed by atoms with Gasteiger partial charge in [-0.05, 0) is 31.5 Å². The van der Waals surface area contributed by atoms with E-state index in [1.165, 1.54) is 6.20 Å². The van der Waals surface area contributed by atoms with E-state index in [9.17, 15) is 9.59 Å². The van der Waals surface area contributed by atoms with Crippen molar-refractivity contribution in [1.29, 1.82) is 0 Å². The largest absolute Gasteiger partial charge is 0.369 e. The van der Waals surface area contributed by atoms with Gasteiger partial charge < -0.3 is 22.1 Å². The van der Waals surface area contributed by atoms with E-state index < -0.39 is 5.91 Å². The Kier molecular flexibility index (Phi) is 5.82. The molecular formula is C19H22N8O2. The van der Waals surface area contributed by atoms with Gasteiger partial charge in [0.1, 0.15) is 11.4 Å². The summed E-state index contributed by atoms with van der Waals surface area (Å²) in [5.74, 6) is -0.769. The standard InChI is InChI=1S/C19H22N8O2/c1-10(16(20)28)7-11(2)25-19-24-9-13(17(21)29)18(27-19)26-12-3-4-14-15(8-12)23-6-5-22-14/h3-6,8-11H,7H2,1-2H3,(H2,20,28)(H2,21,29)(H2,24,25,26,27). The van der Waals surface area contributed by atoms with Crippen molar-refractivity contribution in [2.75, 3.05) is 10.6 Å². The highest BCUT2D eigenvalue weighted by molar-refractivity contribution is 5.98. The first kappa shape index (κ1) is 19.9. The van der Waals surface area contributed by atoms with Crippen molar-refractivity contribution in [3.63, 3.8) is 0 Å². The molecule has 0 fully saturated rings. The van der Waals surface area contributed by atoms with Crippen molar-refractivity contribution in [3.8, 4) is 0 Å². The molecule has 10 heteroatoms. The SMILES string of the molecule is CC(CC(C)C(N)=O)Nc1ncc(C(N)=O)c(Nc2ccc3nccnc3c2)n1. The van der Waals surface area contributed by atoms with Crippen LogP contribution in [0.4, 0.5) is 17.5 Å². The monoisotopic (exact) mass is 394 g/mol. The summed E-state index contributed by atoms with van der Waals surface area (Å²) in [5.41, 5.74) is 13.0. The Morgan fingerprint density at radius 1 is 1.07 bits per heavy atom. The second-order valence-corrected chi connectivity index (χ2v) is 6.79. The Bertz CT molecular complexity index is 1060. The van der Waals surface area contributed by atoms with Crippen LogP contribution >= 0.6 is 0 Å². The zero-order valence-corrected chi connectivity index (χ0v) is 16.1. The summed E-state index contributed by atoms with van der Waals surface area (Å²) in [5, 5.41) is 6.19. The normalized spacial score (nSPS) is 12.9. The van der Waals surface area contributed by atoms with Gasteiger partial charge in [0.05, 0.1) is 11.0 Å². The zero-order valence-electron chi connectivity index (χ0n) is 16.1. The van der Waals surface area contributed by atoms with Crippen LogP contribution in [0.25, 0.3) is 11.0 Å². The van der Waals surface area contributed by atoms with Crippen LogP contribution in [0.15, 0.2) is 36.8 Å². The molecule has 2 atom stereocenters. The van der Waals surface area contributed by atoms with E-state index in [-0.39, 0.29) is 29.2 Å². The fourth-order valence-corrected chi connectivity index (χ4v) is 2.83. The average Bonchev–Trinajstić information content (AvgIpc) is 2.67. The summed E-state index contributed by atoms with van der Waals surface area (Å²) >= 11 is 0. The number of nitrogens with zero attached hydrogens (tertiary/aromatic N) is 4. The number of hydrogen-bond donors (Lipinski definition) is 4. The third kappa shape index (κ3) is 4.92. The molecule has 0 saturated heterocycles. The molecular weight excluding hydrogens is 372 g/mol. The Labute approximate surface area is 167 Å². The summed E-state index contributed by atoms with van der Waals surface area (Å²) in [7, 11) is 0. The van der Waals surface area contributed by atoms with E-state index in [4.69, 9.17) is 11.5 Å². The third-order valence-corrected chi connectivity index (χ3v) is 4.35. The minimum Gasteiger partial charge on any atom is -0.369 e. The van der Waals surface area contributed by atoms with Crippen molar-refractivity contribution in [2.24, 2.45) is 17.4 Å². The van der Waals surface area contributed by atoms with Gasteiger partial charge in [-0.3, -0.25) is 19.6 Å². The number of hydrogen-bond acceptors (Lipinski definition) is 8. The van der Waals surface area contributed by atoms with Gasteiger partial charge in [0.25, 0.3) is 5.91 Å². The van der Waals surface area contributed by atoms with E-state index in [0.717, 1.165) is 5.52 Å². The quantitative estimate of drug-likeness (QED) is 0.447. The van der Waals surface area contributed by atoms with Crippen LogP contribution in [0, 0.1) is 5.92 Å². The second-order valence-electron chi connectivity index (χ2n) is 6.79. The lowest BCUT2D eigenvalue weighted by molar-refractivity contribution is -0.121. The van der Waals surface area contributed by atoms with Gasteiger partial charge in [-0.1, -0.05) is 6.92 Å². The molecule has 2 amide bonds. The van der Waals surface area contributed by atoms with Crippen molar-refractivity contribution < 1.29 is 9.59 Å². The summed E-state index contributed by atoms with van der Waals surface area (Å²) in [6, 6.07) is 5.29. The first-order valence-corrected chi connectivity index (χ1v) is 9.04. The van der Waals surface area contributed by atoms with Crippen LogP contribution in [0.3, 0.4) is 0 Å². The summed E-state index contributed by atoms with van der Waals surface area (Å²) in [4.78, 5) is 40.0. The van der Waals surface area contributed by atoms with E-state index in [1.54, 1.807) is 31.5 Å². The Balaban J connectivity index is 1.84. The molecule has 3 rings (SSSR count). The highest BCUT2D eigenvalue weighted by atomic mass is 16.1. The number of fused-ring (bicyclic) bond motifs is 1. The zero-order chi connectivity index (χ0) is 21.0. The van der Waals surface area contributed by atoms with Gasteiger partial charge >= 0.3 is 0 Å². The average molecular weight is 394 g/mol. The predicted molar refractivity (Wildman–Crippen MR) is 109 cm³/mol. The Hall–Kier alpha value is -3.82. The number of carbonyl (C=O) groups is 2. The molecule has 0 radical (unpaired) electrons. The molecule has 0 saturated carbocycles. The second kappa shape index (κ2) is 8.46. The molecule has 0 aliphatic heterocycles. The van der Waals surface area contributed by atoms with Crippen LogP contribution in [0.1, 0.15) is 30.6 Å². The lowest BCUT2D eigenvalue weighted by Gasteiger charge is -2.17. The van der Waals surface area contributed by atoms with Gasteiger partial charge in [0, 0.05) is 36.2 Å². The lowest BCUT2D eigenvalue weighted by atomic mass is 10.0. The van der Waals surface area contributed by atoms with E-state index in [2.05, 4.69) is 30.6 Å². The number of benzene rings is 1. The molecule has 10 nitrogen and oxygen atoms in total. The van der Waals surface area contributed by atoms with E-state index in [1.807, 2.05) is 13.0 Å². The maximum Gasteiger partial charge on any atom is 0.254 e. The third-order valence-electron chi connectivity index (χ3n) is 4.35. The number of primary amides is 2. The lowest BCUT2D eigenvalue weighted by Crippen LogP contribution is -2.28. The number of anilines is 3. The number of nitrogens with one attached hydrogen (secondary N) is 2. The fourth-order valence-electron chi connectivity index (χ4n) is 2.83. The van der Waals surface area contributed by atoms with Crippen LogP contribution in [-0.4, -0.2) is 37.8 Å². The summed E-state index contributed by atoms with van der Waals surface area (Å²) < 4.78 is 0. The number of rotatable bonds is 8. The molecule has 0 aliphatic rings. The van der Waals surface area contributed by atoms with Gasteiger partial charge in [-0.25, -0.2) is 4.98 Å². The van der Waals surface area contributed by atoms with Crippen LogP contribution in [0.5, 0.6) is 0 Å². The maximum absolute atomic E-state index is 11.8. The van der Waals surface area contributed by atoms with E-state index in [0.29, 0.717) is 23.6 Å². The van der Waals surface area contributed by atoms with Gasteiger partial charge in [0.15, 0.2) is 0 Å². The predicted octanol–water partition coefficient (Wildman–Crippen LogP) is 1.57. The van der Waals surface area contributed by atoms with Gasteiger partial charge in [0.2, 0.25) is 11.9 Å². The molecule has 2 aromatic heterocycles. The van der Waals surface area contributed by atoms with E-state index >= 15 is 0 Å². The topological polar surface area (TPSA) is 162 Å². The maximum atomic E-state index is 11.8. The smallest absolute Gasteiger partial charge is 0.254 e. The first-order chi connectivity index (χ1) is 13.8. The molecule has 29 heavy (non-hydrogen) atoms. The highest BCUT2D eigenvalue weighted by Crippen LogP contribution is 2.22. The number of carbonyl (C=O) groups excluding carboxylic acids is 2. The van der Waals surface area contributed by atoms with Crippen LogP contribution < -0.4 is 22.1 Å². The molecule has 150 valence electrons. The van der Waals surface area contributed by atoms with Crippen molar-refractivity contribution in [1.82, 2.24) is 19.9 Å². The molecule has 1 aromatic carbocycles. The number of nitrogens with two attached hydrogens (primary N) is 2. The van der Waals surface area contributed by atoms with Gasteiger partial charge in [-0.2, -0.15) is 4.98 Å². The number of amides is 2. The Morgan fingerprint density at radius 2 is 1.79 bits per heavy atom. The minimum absolute atomic E-state index is 0.110. The van der Waals surface area contributed by atoms with Crippen molar-refractivity contribution in [3.05, 3.63) is 42.4 Å². The molecule has 6 N–H and O–H groups in total. The summed E-state index contributed by atoms with van der Waals surface area (Å²) in [6.07, 6.45) is 5.08. The minimum atomic E-state index is -0.657. The molecule has 2 unspecified atom stereocenters. The highest BCUT2D eigenvalue weighted by Gasteiger charge is 2.17. The first-order valence-electron chi connectivity index (χ1n) is 9.04. The molecule has 0 bridgehead atoms. The molecule has 3 aromatic rings. The fraction of sp³-hybridized carbons (Fsp3) is 0.263. The van der Waals surface area contributed by atoms with Gasteiger partial charge in [-0.15, -0.1) is 0 Å². The number of aromatic nitrogens is 4. The van der Waals surface area contributed by atoms with Crippen LogP contribution in [0.2, 0.25) is 0 Å². The van der Waals surface area contributed by atoms with Crippen molar-refractivity contribution in [2.45, 2.75) is 26.3 Å². The summed E-state index contributed by atoms with van der Waals surface area (Å²) in [6.45, 7) is 3.65. The molecule has 0 spiro atoms. The molecule has 0 aliphatic carbocycles.